The number of carbonyl (C=O) groups excluding carboxylic acids is 1. The minimum absolute atomic E-state index is 0.0608. The summed E-state index contributed by atoms with van der Waals surface area (Å²) in [7, 11) is 1.37. The zero-order chi connectivity index (χ0) is 14.2. The van der Waals surface area contributed by atoms with Crippen LogP contribution in [0.5, 0.6) is 0 Å². The summed E-state index contributed by atoms with van der Waals surface area (Å²) in [5.74, 6) is -0.404. The maximum atomic E-state index is 11.7. The molecule has 1 saturated heterocycles. The summed E-state index contributed by atoms with van der Waals surface area (Å²) in [6.45, 7) is 2.78. The summed E-state index contributed by atoms with van der Waals surface area (Å²) in [5, 5.41) is 8.24. The molecule has 1 spiro atoms. The van der Waals surface area contributed by atoms with E-state index in [0.29, 0.717) is 5.69 Å². The molecule has 0 N–H and O–H groups in total. The highest BCUT2D eigenvalue weighted by Crippen LogP contribution is 2.45. The van der Waals surface area contributed by atoms with E-state index in [4.69, 9.17) is 9.47 Å². The van der Waals surface area contributed by atoms with Crippen LogP contribution < -0.4 is 0 Å². The highest BCUT2D eigenvalue weighted by atomic mass is 16.5. The molecule has 6 nitrogen and oxygen atoms in total. The van der Waals surface area contributed by atoms with E-state index in [2.05, 4.69) is 10.3 Å². The first-order valence-corrected chi connectivity index (χ1v) is 7.35. The molecule has 6 heteroatoms. The molecule has 20 heavy (non-hydrogen) atoms. The first kappa shape index (κ1) is 13.5. The molecule has 0 amide bonds. The minimum atomic E-state index is -0.404. The van der Waals surface area contributed by atoms with Gasteiger partial charge in [0, 0.05) is 6.61 Å². The molecule has 2 fully saturated rings. The van der Waals surface area contributed by atoms with E-state index in [1.807, 2.05) is 11.6 Å². The summed E-state index contributed by atoms with van der Waals surface area (Å²) in [6.07, 6.45) is 6.16. The van der Waals surface area contributed by atoms with Crippen LogP contribution in [0, 0.1) is 0 Å². The Morgan fingerprint density at radius 3 is 2.95 bits per heavy atom. The van der Waals surface area contributed by atoms with E-state index in [9.17, 15) is 4.79 Å². The first-order valence-electron chi connectivity index (χ1n) is 7.35. The Kier molecular flexibility index (Phi) is 3.50. The SMILES string of the molecule is CCc1c(C(=O)OC)nnn1C1CCOC2(CCC2)C1. The maximum Gasteiger partial charge on any atom is 0.360 e. The van der Waals surface area contributed by atoms with Gasteiger partial charge in [-0.15, -0.1) is 5.10 Å². The largest absolute Gasteiger partial charge is 0.464 e. The molecule has 1 aromatic rings. The van der Waals surface area contributed by atoms with Gasteiger partial charge in [-0.2, -0.15) is 0 Å². The van der Waals surface area contributed by atoms with E-state index in [-0.39, 0.29) is 11.6 Å². The highest BCUT2D eigenvalue weighted by molar-refractivity contribution is 5.88. The molecular formula is C14H21N3O3. The van der Waals surface area contributed by atoms with Crippen molar-refractivity contribution in [3.05, 3.63) is 11.4 Å². The molecule has 2 aliphatic rings. The molecular weight excluding hydrogens is 258 g/mol. The summed E-state index contributed by atoms with van der Waals surface area (Å²) >= 11 is 0. The van der Waals surface area contributed by atoms with E-state index in [1.165, 1.54) is 13.5 Å². The number of esters is 1. The fourth-order valence-corrected chi connectivity index (χ4v) is 3.32. The predicted octanol–water partition coefficient (Wildman–Crippen LogP) is 1.90. The molecule has 3 rings (SSSR count). The third-order valence-electron chi connectivity index (χ3n) is 4.58. The molecule has 1 atom stereocenters. The standard InChI is InChI=1S/C14H21N3O3/c1-3-11-12(13(18)19-2)15-16-17(11)10-5-8-20-14(9-10)6-4-7-14/h10H,3-9H2,1-2H3. The third-order valence-corrected chi connectivity index (χ3v) is 4.58. The number of methoxy groups -OCH3 is 1. The molecule has 1 aromatic heterocycles. The Labute approximate surface area is 118 Å². The fraction of sp³-hybridized carbons (Fsp3) is 0.786. The van der Waals surface area contributed by atoms with Gasteiger partial charge in [0.05, 0.1) is 24.4 Å². The van der Waals surface area contributed by atoms with Crippen molar-refractivity contribution in [2.24, 2.45) is 0 Å². The summed E-state index contributed by atoms with van der Waals surface area (Å²) < 4.78 is 12.6. The van der Waals surface area contributed by atoms with Gasteiger partial charge in [0.2, 0.25) is 0 Å². The summed E-state index contributed by atoms with van der Waals surface area (Å²) in [5.41, 5.74) is 1.29. The number of hydrogen-bond acceptors (Lipinski definition) is 5. The van der Waals surface area contributed by atoms with Gasteiger partial charge < -0.3 is 9.47 Å². The van der Waals surface area contributed by atoms with Crippen molar-refractivity contribution in [3.63, 3.8) is 0 Å². The lowest BCUT2D eigenvalue weighted by Gasteiger charge is -2.47. The third kappa shape index (κ3) is 2.12. The van der Waals surface area contributed by atoms with Crippen LogP contribution in [0.4, 0.5) is 0 Å². The van der Waals surface area contributed by atoms with E-state index < -0.39 is 5.97 Å². The number of hydrogen-bond donors (Lipinski definition) is 0. The van der Waals surface area contributed by atoms with Crippen LogP contribution in [-0.4, -0.2) is 40.3 Å². The van der Waals surface area contributed by atoms with Gasteiger partial charge in [-0.05, 0) is 38.5 Å². The Morgan fingerprint density at radius 2 is 2.35 bits per heavy atom. The van der Waals surface area contributed by atoms with E-state index in [0.717, 1.165) is 44.4 Å². The van der Waals surface area contributed by atoms with Gasteiger partial charge in [0.15, 0.2) is 5.69 Å². The van der Waals surface area contributed by atoms with Crippen LogP contribution in [0.1, 0.15) is 61.3 Å². The first-order chi connectivity index (χ1) is 9.69. The van der Waals surface area contributed by atoms with Crippen molar-refractivity contribution >= 4 is 5.97 Å². The van der Waals surface area contributed by atoms with E-state index >= 15 is 0 Å². The van der Waals surface area contributed by atoms with Crippen LogP contribution in [0.3, 0.4) is 0 Å². The average molecular weight is 279 g/mol. The van der Waals surface area contributed by atoms with Crippen molar-refractivity contribution in [1.82, 2.24) is 15.0 Å². The topological polar surface area (TPSA) is 66.2 Å². The fourth-order valence-electron chi connectivity index (χ4n) is 3.32. The highest BCUT2D eigenvalue weighted by Gasteiger charge is 2.43. The smallest absolute Gasteiger partial charge is 0.360 e. The van der Waals surface area contributed by atoms with E-state index in [1.54, 1.807) is 0 Å². The molecule has 1 unspecified atom stereocenters. The van der Waals surface area contributed by atoms with Gasteiger partial charge >= 0.3 is 5.97 Å². The predicted molar refractivity (Wildman–Crippen MR) is 71.5 cm³/mol. The lowest BCUT2D eigenvalue weighted by Crippen LogP contribution is -2.46. The number of nitrogens with zero attached hydrogens (tertiary/aromatic N) is 3. The molecule has 1 saturated carbocycles. The number of carbonyl (C=O) groups is 1. The van der Waals surface area contributed by atoms with Crippen molar-refractivity contribution in [1.29, 1.82) is 0 Å². The van der Waals surface area contributed by atoms with Crippen LogP contribution in [0.15, 0.2) is 0 Å². The second-order valence-electron chi connectivity index (χ2n) is 5.71. The lowest BCUT2D eigenvalue weighted by atomic mass is 9.74. The van der Waals surface area contributed by atoms with Crippen LogP contribution in [0.25, 0.3) is 0 Å². The van der Waals surface area contributed by atoms with Gasteiger partial charge in [-0.3, -0.25) is 0 Å². The Hall–Kier alpha value is -1.43. The minimum Gasteiger partial charge on any atom is -0.464 e. The molecule has 110 valence electrons. The molecule has 0 bridgehead atoms. The zero-order valence-electron chi connectivity index (χ0n) is 12.1. The molecule has 0 aromatic carbocycles. The van der Waals surface area contributed by atoms with Gasteiger partial charge in [-0.1, -0.05) is 12.1 Å². The Morgan fingerprint density at radius 1 is 1.55 bits per heavy atom. The number of ether oxygens (including phenoxy) is 2. The zero-order valence-corrected chi connectivity index (χ0v) is 12.1. The van der Waals surface area contributed by atoms with Crippen LogP contribution in [0.2, 0.25) is 0 Å². The van der Waals surface area contributed by atoms with Gasteiger partial charge in [-0.25, -0.2) is 9.48 Å². The monoisotopic (exact) mass is 279 g/mol. The molecule has 1 aliphatic heterocycles. The number of aromatic nitrogens is 3. The Bertz CT molecular complexity index is 508. The second kappa shape index (κ2) is 5.16. The summed E-state index contributed by atoms with van der Waals surface area (Å²) in [4.78, 5) is 11.7. The molecule has 0 radical (unpaired) electrons. The van der Waals surface area contributed by atoms with Crippen molar-refractivity contribution in [2.45, 2.75) is 57.1 Å². The van der Waals surface area contributed by atoms with Gasteiger partial charge in [0.25, 0.3) is 0 Å². The van der Waals surface area contributed by atoms with Crippen LogP contribution in [-0.2, 0) is 15.9 Å². The quantitative estimate of drug-likeness (QED) is 0.791. The molecule has 2 heterocycles. The van der Waals surface area contributed by atoms with Crippen LogP contribution >= 0.6 is 0 Å². The maximum absolute atomic E-state index is 11.7. The number of rotatable bonds is 3. The lowest BCUT2D eigenvalue weighted by molar-refractivity contribution is -0.142. The molecule has 1 aliphatic carbocycles. The van der Waals surface area contributed by atoms with Gasteiger partial charge in [0.1, 0.15) is 0 Å². The van der Waals surface area contributed by atoms with Crippen molar-refractivity contribution in [3.8, 4) is 0 Å². The second-order valence-corrected chi connectivity index (χ2v) is 5.71. The van der Waals surface area contributed by atoms with Crippen molar-refractivity contribution < 1.29 is 14.3 Å². The van der Waals surface area contributed by atoms with Crippen molar-refractivity contribution in [2.75, 3.05) is 13.7 Å². The average Bonchev–Trinajstić information content (AvgIpc) is 2.88. The summed E-state index contributed by atoms with van der Waals surface area (Å²) in [6, 6.07) is 0.282. The normalized spacial score (nSPS) is 24.4. The Balaban J connectivity index is 1.86.